The predicted molar refractivity (Wildman–Crippen MR) is 175 cm³/mol. The monoisotopic (exact) mass is 618 g/mol. The van der Waals surface area contributed by atoms with Gasteiger partial charge in [-0.2, -0.15) is 0 Å². The zero-order valence-corrected chi connectivity index (χ0v) is 28.3. The van der Waals surface area contributed by atoms with E-state index in [0.29, 0.717) is 24.7 Å². The van der Waals surface area contributed by atoms with Crippen molar-refractivity contribution < 1.29 is 30.0 Å². The topological polar surface area (TPSA) is 115 Å². The number of benzene rings is 1. The molecule has 11 atom stereocenters. The fourth-order valence-corrected chi connectivity index (χ4v) is 12.3. The Hall–Kier alpha value is -2.44. The summed E-state index contributed by atoms with van der Waals surface area (Å²) in [6.45, 7) is 15.6. The van der Waals surface area contributed by atoms with Gasteiger partial charge < -0.3 is 20.4 Å². The van der Waals surface area contributed by atoms with Crippen LogP contribution in [-0.2, 0) is 9.59 Å². The van der Waals surface area contributed by atoms with E-state index >= 15 is 0 Å². The number of ketones is 1. The Morgan fingerprint density at radius 1 is 0.911 bits per heavy atom. The summed E-state index contributed by atoms with van der Waals surface area (Å²) < 4.78 is 0. The molecule has 0 spiro atoms. The molecule has 0 aromatic heterocycles. The van der Waals surface area contributed by atoms with Crippen LogP contribution in [0.15, 0.2) is 42.0 Å². The van der Waals surface area contributed by atoms with Gasteiger partial charge in [0.2, 0.25) is 0 Å². The number of aliphatic carboxylic acids is 1. The van der Waals surface area contributed by atoms with Crippen LogP contribution < -0.4 is 0 Å². The van der Waals surface area contributed by atoms with Gasteiger partial charge in [0.05, 0.1) is 11.5 Å². The minimum Gasteiger partial charge on any atom is -0.508 e. The standard InChI is InChI=1S/C39H54O6/c1-23-16-19-38(33(43)44)21-20-36(6)27(32(38)24(23)2)13-14-29-35(5)22-31(42)39(45,34(3,4)28(35)17-18-37(29,36)7)30(41)15-10-25-8-11-26(40)12-9-25/h8-13,15,23-24,28-29,31-32,40,42,45H,14,16-22H2,1-7H3,(H,43,44)/b15-10-/t23-,24+,28?,29-,31?,32+,35+,36-,37-,38+,39+/m1/s1. The average Bonchev–Trinajstić information content (AvgIpc) is 2.97. The first kappa shape index (κ1) is 32.5. The molecule has 4 fully saturated rings. The van der Waals surface area contributed by atoms with Crippen molar-refractivity contribution in [3.63, 3.8) is 0 Å². The van der Waals surface area contributed by atoms with E-state index in [-0.39, 0.29) is 39.7 Å². The van der Waals surface area contributed by atoms with Crippen LogP contribution in [0.3, 0.4) is 0 Å². The number of aromatic hydroxyl groups is 1. The molecule has 0 aliphatic heterocycles. The van der Waals surface area contributed by atoms with E-state index in [4.69, 9.17) is 0 Å². The van der Waals surface area contributed by atoms with Gasteiger partial charge in [-0.1, -0.05) is 78.3 Å². The molecule has 1 aromatic carbocycles. The van der Waals surface area contributed by atoms with E-state index in [2.05, 4.69) is 40.7 Å². The number of phenols is 1. The van der Waals surface area contributed by atoms with Crippen molar-refractivity contribution in [3.05, 3.63) is 47.6 Å². The number of hydrogen-bond donors (Lipinski definition) is 4. The van der Waals surface area contributed by atoms with Crippen molar-refractivity contribution in [2.75, 3.05) is 0 Å². The predicted octanol–water partition coefficient (Wildman–Crippen LogP) is 7.42. The van der Waals surface area contributed by atoms with Gasteiger partial charge in [-0.3, -0.25) is 9.59 Å². The highest BCUT2D eigenvalue weighted by Crippen LogP contribution is 2.76. The van der Waals surface area contributed by atoms with Crippen LogP contribution in [-0.4, -0.2) is 43.9 Å². The van der Waals surface area contributed by atoms with E-state index in [9.17, 15) is 30.0 Å². The van der Waals surface area contributed by atoms with Gasteiger partial charge in [0, 0.05) is 5.41 Å². The Labute approximate surface area is 269 Å². The van der Waals surface area contributed by atoms with E-state index in [1.165, 1.54) is 11.6 Å². The molecule has 0 saturated heterocycles. The highest BCUT2D eigenvalue weighted by Gasteiger charge is 2.73. The van der Waals surface area contributed by atoms with Crippen molar-refractivity contribution in [3.8, 4) is 5.75 Å². The van der Waals surface area contributed by atoms with Crippen molar-refractivity contribution in [1.82, 2.24) is 0 Å². The number of aliphatic hydroxyl groups is 2. The first-order chi connectivity index (χ1) is 20.9. The molecular formula is C39H54O6. The molecule has 0 radical (unpaired) electrons. The molecule has 4 saturated carbocycles. The highest BCUT2D eigenvalue weighted by molar-refractivity contribution is 6.01. The summed E-state index contributed by atoms with van der Waals surface area (Å²) in [7, 11) is 0. The molecule has 6 heteroatoms. The van der Waals surface area contributed by atoms with Crippen molar-refractivity contribution >= 4 is 17.8 Å². The van der Waals surface area contributed by atoms with E-state index in [1.807, 2.05) is 13.8 Å². The number of aliphatic hydroxyl groups excluding tert-OH is 1. The van der Waals surface area contributed by atoms with Crippen molar-refractivity contribution in [2.24, 2.45) is 56.7 Å². The third-order valence-corrected chi connectivity index (χ3v) is 15.3. The zero-order valence-electron chi connectivity index (χ0n) is 28.3. The Balaban J connectivity index is 1.37. The van der Waals surface area contributed by atoms with Crippen LogP contribution in [0.2, 0.25) is 0 Å². The van der Waals surface area contributed by atoms with Gasteiger partial charge in [-0.15, -0.1) is 0 Å². The maximum Gasteiger partial charge on any atom is 0.310 e. The number of hydrogen-bond acceptors (Lipinski definition) is 5. The summed E-state index contributed by atoms with van der Waals surface area (Å²) in [4.78, 5) is 26.8. The molecule has 2 unspecified atom stereocenters. The van der Waals surface area contributed by atoms with Crippen LogP contribution in [0.4, 0.5) is 0 Å². The largest absolute Gasteiger partial charge is 0.508 e. The zero-order chi connectivity index (χ0) is 33.0. The first-order valence-corrected chi connectivity index (χ1v) is 17.3. The maximum atomic E-state index is 13.8. The maximum absolute atomic E-state index is 13.8. The van der Waals surface area contributed by atoms with E-state index in [0.717, 1.165) is 44.1 Å². The Morgan fingerprint density at radius 2 is 1.58 bits per heavy atom. The Kier molecular flexibility index (Phi) is 7.42. The number of fused-ring (bicyclic) bond motifs is 7. The van der Waals surface area contributed by atoms with Gasteiger partial charge in [0.25, 0.3) is 0 Å². The minimum atomic E-state index is -1.93. The molecule has 5 aliphatic rings. The number of carbonyl (C=O) groups excluding carboxylic acids is 1. The molecule has 0 heterocycles. The summed E-state index contributed by atoms with van der Waals surface area (Å²) in [6.07, 6.45) is 10.4. The fourth-order valence-electron chi connectivity index (χ4n) is 12.3. The van der Waals surface area contributed by atoms with Crippen molar-refractivity contribution in [1.29, 1.82) is 0 Å². The van der Waals surface area contributed by atoms with Crippen LogP contribution in [0.5, 0.6) is 5.75 Å². The molecule has 246 valence electrons. The van der Waals surface area contributed by atoms with Crippen molar-refractivity contribution in [2.45, 2.75) is 112 Å². The van der Waals surface area contributed by atoms with Crippen LogP contribution in [0, 0.1) is 56.7 Å². The first-order valence-electron chi connectivity index (χ1n) is 17.3. The lowest BCUT2D eigenvalue weighted by atomic mass is 9.32. The second-order valence-corrected chi connectivity index (χ2v) is 17.1. The summed E-state index contributed by atoms with van der Waals surface area (Å²) in [5.74, 6) is 0.0915. The number of phenolic OH excluding ortho intramolecular Hbond substituents is 1. The van der Waals surface area contributed by atoms with Crippen LogP contribution in [0.1, 0.15) is 105 Å². The summed E-state index contributed by atoms with van der Waals surface area (Å²) in [5.41, 5.74) is -1.97. The van der Waals surface area contributed by atoms with Gasteiger partial charge in [-0.25, -0.2) is 0 Å². The summed E-state index contributed by atoms with van der Waals surface area (Å²) in [5, 5.41) is 44.3. The van der Waals surface area contributed by atoms with Gasteiger partial charge in [-0.05, 0) is 121 Å². The van der Waals surface area contributed by atoms with Gasteiger partial charge in [0.1, 0.15) is 5.75 Å². The van der Waals surface area contributed by atoms with E-state index < -0.39 is 34.3 Å². The third-order valence-electron chi connectivity index (χ3n) is 15.3. The molecule has 6 rings (SSSR count). The molecule has 0 amide bonds. The minimum absolute atomic E-state index is 0.0105. The Morgan fingerprint density at radius 3 is 2.22 bits per heavy atom. The van der Waals surface area contributed by atoms with Gasteiger partial charge in [0.15, 0.2) is 11.4 Å². The fraction of sp³-hybridized carbons (Fsp3) is 0.692. The lowest BCUT2D eigenvalue weighted by molar-refractivity contribution is -0.261. The second-order valence-electron chi connectivity index (χ2n) is 17.1. The number of carboxylic acid groups (broad SMARTS) is 1. The summed E-state index contributed by atoms with van der Waals surface area (Å²) in [6, 6.07) is 6.51. The van der Waals surface area contributed by atoms with Crippen LogP contribution in [0.25, 0.3) is 6.08 Å². The number of carbonyl (C=O) groups is 2. The normalized spacial score (nSPS) is 47.1. The van der Waals surface area contributed by atoms with E-state index in [1.54, 1.807) is 30.3 Å². The second kappa shape index (κ2) is 10.3. The average molecular weight is 619 g/mol. The third kappa shape index (κ3) is 4.13. The lowest BCUT2D eigenvalue weighted by Crippen LogP contribution is -2.72. The quantitative estimate of drug-likeness (QED) is 0.206. The SMILES string of the molecule is C[C@H]1[C@H](C)CC[C@]2(C(=O)O)CC[C@]3(C)C(=CC[C@@H]4[C@@]5(C)CC(O)[C@@](O)(C(=O)/C=C\c6ccc(O)cc6)C(C)(C)C5CC[C@]43C)[C@H]12. The van der Waals surface area contributed by atoms with Gasteiger partial charge >= 0.3 is 5.97 Å². The molecule has 0 bridgehead atoms. The van der Waals surface area contributed by atoms with Crippen LogP contribution >= 0.6 is 0 Å². The molecule has 1 aromatic rings. The number of carboxylic acids is 1. The number of allylic oxidation sites excluding steroid dienone is 2. The lowest BCUT2D eigenvalue weighted by Gasteiger charge is -2.72. The highest BCUT2D eigenvalue weighted by atomic mass is 16.4. The molecule has 6 nitrogen and oxygen atoms in total. The molecule has 45 heavy (non-hydrogen) atoms. The molecular weight excluding hydrogens is 564 g/mol. The number of rotatable bonds is 4. The molecule has 4 N–H and O–H groups in total. The smallest absolute Gasteiger partial charge is 0.310 e. The Bertz CT molecular complexity index is 1440. The molecule has 5 aliphatic carbocycles. The summed E-state index contributed by atoms with van der Waals surface area (Å²) >= 11 is 0.